The molecular formula is C28H18N4O. The molecule has 3 aromatic carbocycles. The Morgan fingerprint density at radius 2 is 1.36 bits per heavy atom. The van der Waals surface area contributed by atoms with Gasteiger partial charge in [-0.1, -0.05) is 55.1 Å². The molecular weight excluding hydrogens is 408 g/mol. The number of para-hydroxylation sites is 1. The van der Waals surface area contributed by atoms with Crippen LogP contribution in [0.2, 0.25) is 0 Å². The van der Waals surface area contributed by atoms with Gasteiger partial charge in [-0.2, -0.15) is 0 Å². The minimum Gasteiger partial charge on any atom is -0.456 e. The van der Waals surface area contributed by atoms with Gasteiger partial charge in [-0.25, -0.2) is 19.9 Å². The Hall–Kier alpha value is -4.64. The van der Waals surface area contributed by atoms with Gasteiger partial charge in [-0.15, -0.1) is 0 Å². The molecule has 0 fully saturated rings. The van der Waals surface area contributed by atoms with E-state index in [9.17, 15) is 0 Å². The van der Waals surface area contributed by atoms with Gasteiger partial charge < -0.3 is 4.42 Å². The first-order valence-electron chi connectivity index (χ1n) is 10.6. The van der Waals surface area contributed by atoms with Crippen LogP contribution >= 0.6 is 0 Å². The number of hydrogen-bond donors (Lipinski definition) is 0. The van der Waals surface area contributed by atoms with Gasteiger partial charge in [0.25, 0.3) is 0 Å². The monoisotopic (exact) mass is 426 g/mol. The lowest BCUT2D eigenvalue weighted by Crippen LogP contribution is -1.98. The summed E-state index contributed by atoms with van der Waals surface area (Å²) >= 11 is 0. The Bertz CT molecular complexity index is 1620. The molecule has 33 heavy (non-hydrogen) atoms. The number of benzene rings is 3. The van der Waals surface area contributed by atoms with Gasteiger partial charge in [0.1, 0.15) is 16.9 Å². The number of aromatic nitrogens is 4. The first kappa shape index (κ1) is 19.1. The minimum atomic E-state index is 0.556. The van der Waals surface area contributed by atoms with Crippen molar-refractivity contribution in [3.05, 3.63) is 103 Å². The van der Waals surface area contributed by atoms with Gasteiger partial charge in [0, 0.05) is 34.3 Å². The average molecular weight is 426 g/mol. The molecule has 156 valence electrons. The molecule has 0 radical (unpaired) electrons. The zero-order valence-corrected chi connectivity index (χ0v) is 17.6. The van der Waals surface area contributed by atoms with E-state index in [1.54, 1.807) is 18.5 Å². The molecule has 0 N–H and O–H groups in total. The van der Waals surface area contributed by atoms with Crippen LogP contribution in [0.15, 0.2) is 102 Å². The SMILES string of the molecule is C=Cc1ccc(-c2nc(-c3ccc4oc5ccccc5c4c3)cc(-c3ncccn3)n2)cc1. The first-order chi connectivity index (χ1) is 16.3. The summed E-state index contributed by atoms with van der Waals surface area (Å²) in [5, 5.41) is 2.13. The molecule has 6 rings (SSSR count). The minimum absolute atomic E-state index is 0.556. The molecule has 6 aromatic rings. The van der Waals surface area contributed by atoms with E-state index in [1.165, 1.54) is 0 Å². The smallest absolute Gasteiger partial charge is 0.178 e. The lowest BCUT2D eigenvalue weighted by atomic mass is 10.1. The van der Waals surface area contributed by atoms with Crippen molar-refractivity contribution in [1.29, 1.82) is 0 Å². The maximum atomic E-state index is 5.99. The fraction of sp³-hybridized carbons (Fsp3) is 0. The number of furan rings is 1. The fourth-order valence-corrected chi connectivity index (χ4v) is 3.92. The summed E-state index contributed by atoms with van der Waals surface area (Å²) in [6.07, 6.45) is 5.24. The normalized spacial score (nSPS) is 11.2. The summed E-state index contributed by atoms with van der Waals surface area (Å²) < 4.78 is 5.99. The maximum absolute atomic E-state index is 5.99. The number of hydrogen-bond acceptors (Lipinski definition) is 5. The standard InChI is InChI=1S/C28H18N4O/c1-2-18-8-10-19(11-9-18)27-31-23(17-24(32-27)28-29-14-5-15-30-28)20-12-13-26-22(16-20)21-6-3-4-7-25(21)33-26/h2-17H,1H2. The summed E-state index contributed by atoms with van der Waals surface area (Å²) in [4.78, 5) is 18.5. The molecule has 5 heteroatoms. The Morgan fingerprint density at radius 3 is 2.18 bits per heavy atom. The summed E-state index contributed by atoms with van der Waals surface area (Å²) in [6, 6.07) is 25.9. The van der Waals surface area contributed by atoms with E-state index >= 15 is 0 Å². The van der Waals surface area contributed by atoms with E-state index < -0.39 is 0 Å². The van der Waals surface area contributed by atoms with Crippen molar-refractivity contribution in [1.82, 2.24) is 19.9 Å². The van der Waals surface area contributed by atoms with Crippen LogP contribution in [0.3, 0.4) is 0 Å². The summed E-state index contributed by atoms with van der Waals surface area (Å²) in [6.45, 7) is 3.83. The second-order valence-corrected chi connectivity index (χ2v) is 7.67. The third kappa shape index (κ3) is 3.46. The summed E-state index contributed by atoms with van der Waals surface area (Å²) in [7, 11) is 0. The van der Waals surface area contributed by atoms with Crippen LogP contribution in [0, 0.1) is 0 Å². The Labute approximate surface area is 190 Å². The van der Waals surface area contributed by atoms with Crippen LogP contribution in [0.4, 0.5) is 0 Å². The van der Waals surface area contributed by atoms with Gasteiger partial charge in [0.2, 0.25) is 0 Å². The van der Waals surface area contributed by atoms with E-state index in [0.29, 0.717) is 17.3 Å². The second-order valence-electron chi connectivity index (χ2n) is 7.67. The molecule has 0 spiro atoms. The van der Waals surface area contributed by atoms with Gasteiger partial charge in [0.15, 0.2) is 11.6 Å². The van der Waals surface area contributed by atoms with Crippen molar-refractivity contribution in [3.63, 3.8) is 0 Å². The van der Waals surface area contributed by atoms with Gasteiger partial charge in [-0.05, 0) is 42.0 Å². The molecule has 0 atom stereocenters. The van der Waals surface area contributed by atoms with Crippen molar-refractivity contribution in [3.8, 4) is 34.2 Å². The van der Waals surface area contributed by atoms with Crippen LogP contribution in [0.25, 0.3) is 62.2 Å². The highest BCUT2D eigenvalue weighted by Crippen LogP contribution is 2.33. The lowest BCUT2D eigenvalue weighted by Gasteiger charge is -2.09. The molecule has 0 aliphatic rings. The maximum Gasteiger partial charge on any atom is 0.178 e. The molecule has 0 saturated heterocycles. The number of rotatable bonds is 4. The molecule has 0 aliphatic carbocycles. The predicted octanol–water partition coefficient (Wildman–Crippen LogP) is 6.81. The van der Waals surface area contributed by atoms with E-state index in [4.69, 9.17) is 14.4 Å². The van der Waals surface area contributed by atoms with E-state index in [2.05, 4.69) is 28.7 Å². The van der Waals surface area contributed by atoms with Crippen molar-refractivity contribution in [2.24, 2.45) is 0 Å². The zero-order valence-electron chi connectivity index (χ0n) is 17.6. The largest absolute Gasteiger partial charge is 0.456 e. The van der Waals surface area contributed by atoms with Gasteiger partial charge >= 0.3 is 0 Å². The highest BCUT2D eigenvalue weighted by molar-refractivity contribution is 6.06. The predicted molar refractivity (Wildman–Crippen MR) is 131 cm³/mol. The zero-order chi connectivity index (χ0) is 22.2. The van der Waals surface area contributed by atoms with Crippen LogP contribution in [0.5, 0.6) is 0 Å². The van der Waals surface area contributed by atoms with Crippen LogP contribution in [-0.4, -0.2) is 19.9 Å². The van der Waals surface area contributed by atoms with E-state index in [0.717, 1.165) is 44.3 Å². The molecule has 0 amide bonds. The topological polar surface area (TPSA) is 64.7 Å². The average Bonchev–Trinajstić information content (AvgIpc) is 3.27. The van der Waals surface area contributed by atoms with E-state index in [1.807, 2.05) is 66.7 Å². The fourth-order valence-electron chi connectivity index (χ4n) is 3.92. The third-order valence-corrected chi connectivity index (χ3v) is 5.60. The highest BCUT2D eigenvalue weighted by atomic mass is 16.3. The third-order valence-electron chi connectivity index (χ3n) is 5.60. The quantitative estimate of drug-likeness (QED) is 0.310. The number of fused-ring (bicyclic) bond motifs is 3. The Balaban J connectivity index is 1.56. The molecule has 3 aromatic heterocycles. The van der Waals surface area contributed by atoms with Crippen molar-refractivity contribution < 1.29 is 4.42 Å². The second kappa shape index (κ2) is 7.80. The molecule has 0 aliphatic heterocycles. The van der Waals surface area contributed by atoms with Crippen molar-refractivity contribution >= 4 is 28.0 Å². The summed E-state index contributed by atoms with van der Waals surface area (Å²) in [5.74, 6) is 1.17. The molecule has 3 heterocycles. The highest BCUT2D eigenvalue weighted by Gasteiger charge is 2.14. The van der Waals surface area contributed by atoms with E-state index in [-0.39, 0.29) is 0 Å². The van der Waals surface area contributed by atoms with Crippen LogP contribution in [0.1, 0.15) is 5.56 Å². The van der Waals surface area contributed by atoms with Gasteiger partial charge in [-0.3, -0.25) is 0 Å². The molecule has 5 nitrogen and oxygen atoms in total. The summed E-state index contributed by atoms with van der Waals surface area (Å²) in [5.41, 5.74) is 6.10. The Morgan fingerprint density at radius 1 is 0.636 bits per heavy atom. The lowest BCUT2D eigenvalue weighted by molar-refractivity contribution is 0.669. The first-order valence-corrected chi connectivity index (χ1v) is 10.6. The molecule has 0 bridgehead atoms. The molecule has 0 saturated carbocycles. The van der Waals surface area contributed by atoms with Crippen molar-refractivity contribution in [2.75, 3.05) is 0 Å². The number of nitrogens with zero attached hydrogens (tertiary/aromatic N) is 4. The Kier molecular flexibility index (Phi) is 4.51. The van der Waals surface area contributed by atoms with Crippen LogP contribution in [-0.2, 0) is 0 Å². The van der Waals surface area contributed by atoms with Crippen molar-refractivity contribution in [2.45, 2.75) is 0 Å². The molecule has 0 unspecified atom stereocenters. The van der Waals surface area contributed by atoms with Crippen LogP contribution < -0.4 is 0 Å². The van der Waals surface area contributed by atoms with Gasteiger partial charge in [0.05, 0.1) is 5.69 Å².